The van der Waals surface area contributed by atoms with E-state index in [1.54, 1.807) is 0 Å². The summed E-state index contributed by atoms with van der Waals surface area (Å²) in [4.78, 5) is 14.8. The lowest BCUT2D eigenvalue weighted by Gasteiger charge is -2.24. The van der Waals surface area contributed by atoms with Gasteiger partial charge in [0.25, 0.3) is 0 Å². The fourth-order valence-electron chi connectivity index (χ4n) is 2.45. The first-order valence-electron chi connectivity index (χ1n) is 6.13. The molecule has 1 saturated carbocycles. The Bertz CT molecular complexity index is 456. The van der Waals surface area contributed by atoms with Gasteiger partial charge < -0.3 is 10.4 Å². The molecule has 98 valence electrons. The maximum absolute atomic E-state index is 13.0. The zero-order valence-electron chi connectivity index (χ0n) is 10.4. The first kappa shape index (κ1) is 12.8. The van der Waals surface area contributed by atoms with E-state index in [2.05, 4.69) is 17.2 Å². The van der Waals surface area contributed by atoms with Crippen LogP contribution in [0.1, 0.15) is 43.0 Å². The van der Waals surface area contributed by atoms with Crippen molar-refractivity contribution in [1.82, 2.24) is 4.98 Å². The molecule has 0 atom stereocenters. The second-order valence-electron chi connectivity index (χ2n) is 5.23. The average molecular weight is 252 g/mol. The van der Waals surface area contributed by atoms with Gasteiger partial charge in [0.15, 0.2) is 0 Å². The minimum atomic E-state index is -1.17. The molecule has 5 heteroatoms. The molecule has 1 aromatic heterocycles. The van der Waals surface area contributed by atoms with Crippen molar-refractivity contribution in [2.75, 3.05) is 11.9 Å². The maximum atomic E-state index is 13.0. The molecule has 2 rings (SSSR count). The van der Waals surface area contributed by atoms with Gasteiger partial charge in [0, 0.05) is 6.54 Å². The van der Waals surface area contributed by atoms with E-state index in [1.165, 1.54) is 12.8 Å². The van der Waals surface area contributed by atoms with Crippen molar-refractivity contribution in [3.8, 4) is 0 Å². The number of halogens is 1. The van der Waals surface area contributed by atoms with Crippen molar-refractivity contribution in [1.29, 1.82) is 0 Å². The maximum Gasteiger partial charge on any atom is 0.339 e. The molecule has 0 amide bonds. The van der Waals surface area contributed by atoms with Crippen LogP contribution in [-0.4, -0.2) is 22.6 Å². The fraction of sp³-hybridized carbons (Fsp3) is 0.538. The minimum absolute atomic E-state index is 0.114. The minimum Gasteiger partial charge on any atom is -0.478 e. The Kier molecular flexibility index (Phi) is 3.50. The van der Waals surface area contributed by atoms with Crippen LogP contribution in [0.4, 0.5) is 10.2 Å². The topological polar surface area (TPSA) is 62.2 Å². The standard InChI is InChI=1S/C13H17FN2O2/c1-13(4-2-3-5-13)8-16-11-10(12(17)18)6-9(14)7-15-11/h6-7H,2-5,8H2,1H3,(H,15,16)(H,17,18). The molecular formula is C13H17FN2O2. The van der Waals surface area contributed by atoms with Gasteiger partial charge in [0.1, 0.15) is 17.2 Å². The first-order chi connectivity index (χ1) is 8.50. The van der Waals surface area contributed by atoms with E-state index < -0.39 is 11.8 Å². The molecular weight excluding hydrogens is 235 g/mol. The predicted molar refractivity (Wildman–Crippen MR) is 66.2 cm³/mol. The molecule has 0 aromatic carbocycles. The number of nitrogens with zero attached hydrogens (tertiary/aromatic N) is 1. The Balaban J connectivity index is 2.11. The molecule has 1 aromatic rings. The van der Waals surface area contributed by atoms with Crippen LogP contribution < -0.4 is 5.32 Å². The summed E-state index contributed by atoms with van der Waals surface area (Å²) in [6.07, 6.45) is 5.71. The molecule has 0 bridgehead atoms. The van der Waals surface area contributed by atoms with Crippen LogP contribution >= 0.6 is 0 Å². The molecule has 1 fully saturated rings. The lowest BCUT2D eigenvalue weighted by atomic mass is 9.89. The lowest BCUT2D eigenvalue weighted by molar-refractivity contribution is 0.0697. The van der Waals surface area contributed by atoms with E-state index >= 15 is 0 Å². The number of aromatic carboxylic acids is 1. The molecule has 0 saturated heterocycles. The number of aromatic nitrogens is 1. The Morgan fingerprint density at radius 3 is 2.83 bits per heavy atom. The molecule has 0 unspecified atom stereocenters. The Hall–Kier alpha value is -1.65. The number of rotatable bonds is 4. The third kappa shape index (κ3) is 2.78. The van der Waals surface area contributed by atoms with Crippen LogP contribution in [0.25, 0.3) is 0 Å². The highest BCUT2D eigenvalue weighted by molar-refractivity contribution is 5.93. The van der Waals surface area contributed by atoms with E-state index in [9.17, 15) is 9.18 Å². The highest BCUT2D eigenvalue weighted by Gasteiger charge is 2.28. The van der Waals surface area contributed by atoms with E-state index in [0.29, 0.717) is 6.54 Å². The second-order valence-corrected chi connectivity index (χ2v) is 5.23. The van der Waals surface area contributed by atoms with Crippen molar-refractivity contribution in [3.63, 3.8) is 0 Å². The average Bonchev–Trinajstić information content (AvgIpc) is 2.75. The van der Waals surface area contributed by atoms with Gasteiger partial charge >= 0.3 is 5.97 Å². The van der Waals surface area contributed by atoms with E-state index in [1.807, 2.05) is 0 Å². The van der Waals surface area contributed by atoms with Crippen LogP contribution in [0.15, 0.2) is 12.3 Å². The summed E-state index contributed by atoms with van der Waals surface area (Å²) in [5.74, 6) is -1.55. The number of hydrogen-bond acceptors (Lipinski definition) is 3. The Labute approximate surface area is 105 Å². The Morgan fingerprint density at radius 1 is 1.56 bits per heavy atom. The zero-order chi connectivity index (χ0) is 13.2. The van der Waals surface area contributed by atoms with Crippen LogP contribution in [0.2, 0.25) is 0 Å². The smallest absolute Gasteiger partial charge is 0.339 e. The van der Waals surface area contributed by atoms with Crippen molar-refractivity contribution in [3.05, 3.63) is 23.6 Å². The van der Waals surface area contributed by atoms with E-state index in [0.717, 1.165) is 25.1 Å². The summed E-state index contributed by atoms with van der Waals surface area (Å²) in [6.45, 7) is 2.85. The highest BCUT2D eigenvalue weighted by atomic mass is 19.1. The molecule has 0 aliphatic heterocycles. The normalized spacial score (nSPS) is 17.7. The third-order valence-electron chi connectivity index (χ3n) is 3.58. The summed E-state index contributed by atoms with van der Waals surface area (Å²) in [5.41, 5.74) is 0.0721. The van der Waals surface area contributed by atoms with Gasteiger partial charge in [-0.05, 0) is 24.3 Å². The monoisotopic (exact) mass is 252 g/mol. The summed E-state index contributed by atoms with van der Waals surface area (Å²) >= 11 is 0. The summed E-state index contributed by atoms with van der Waals surface area (Å²) < 4.78 is 13.0. The fourth-order valence-corrected chi connectivity index (χ4v) is 2.45. The number of hydrogen-bond donors (Lipinski definition) is 2. The van der Waals surface area contributed by atoms with Crippen LogP contribution in [0, 0.1) is 11.2 Å². The zero-order valence-corrected chi connectivity index (χ0v) is 10.4. The second kappa shape index (κ2) is 4.92. The predicted octanol–water partition coefficient (Wildman–Crippen LogP) is 2.91. The number of anilines is 1. The molecule has 1 aliphatic rings. The van der Waals surface area contributed by atoms with Gasteiger partial charge in [-0.25, -0.2) is 14.2 Å². The van der Waals surface area contributed by atoms with Crippen LogP contribution in [0.3, 0.4) is 0 Å². The molecule has 1 aliphatic carbocycles. The molecule has 0 radical (unpaired) electrons. The Morgan fingerprint density at radius 2 is 2.22 bits per heavy atom. The van der Waals surface area contributed by atoms with Gasteiger partial charge in [0.2, 0.25) is 0 Å². The summed E-state index contributed by atoms with van der Waals surface area (Å²) in [6, 6.07) is 0.995. The van der Waals surface area contributed by atoms with E-state index in [-0.39, 0.29) is 16.8 Å². The lowest BCUT2D eigenvalue weighted by Crippen LogP contribution is -2.24. The van der Waals surface area contributed by atoms with Crippen LogP contribution in [0.5, 0.6) is 0 Å². The largest absolute Gasteiger partial charge is 0.478 e. The first-order valence-corrected chi connectivity index (χ1v) is 6.13. The quantitative estimate of drug-likeness (QED) is 0.864. The van der Waals surface area contributed by atoms with Gasteiger partial charge in [-0.15, -0.1) is 0 Å². The molecule has 2 N–H and O–H groups in total. The SMILES string of the molecule is CC1(CNc2ncc(F)cc2C(=O)O)CCCC1. The van der Waals surface area contributed by atoms with Gasteiger partial charge in [-0.3, -0.25) is 0 Å². The number of nitrogens with one attached hydrogen (secondary N) is 1. The van der Waals surface area contributed by atoms with Gasteiger partial charge in [-0.1, -0.05) is 19.8 Å². The number of carbonyl (C=O) groups is 1. The highest BCUT2D eigenvalue weighted by Crippen LogP contribution is 2.37. The number of carboxylic acids is 1. The van der Waals surface area contributed by atoms with E-state index in [4.69, 9.17) is 5.11 Å². The van der Waals surface area contributed by atoms with Crippen molar-refractivity contribution in [2.45, 2.75) is 32.6 Å². The van der Waals surface area contributed by atoms with Crippen molar-refractivity contribution in [2.24, 2.45) is 5.41 Å². The summed E-state index contributed by atoms with van der Waals surface area (Å²) in [5, 5.41) is 12.0. The van der Waals surface area contributed by atoms with Crippen LogP contribution in [-0.2, 0) is 0 Å². The van der Waals surface area contributed by atoms with Crippen molar-refractivity contribution < 1.29 is 14.3 Å². The number of carboxylic acid groups (broad SMARTS) is 1. The molecule has 4 nitrogen and oxygen atoms in total. The number of pyridine rings is 1. The summed E-state index contributed by atoms with van der Waals surface area (Å²) in [7, 11) is 0. The van der Waals surface area contributed by atoms with Gasteiger partial charge in [-0.2, -0.15) is 0 Å². The molecule has 18 heavy (non-hydrogen) atoms. The third-order valence-corrected chi connectivity index (χ3v) is 3.58. The molecule has 0 spiro atoms. The molecule has 1 heterocycles. The van der Waals surface area contributed by atoms with Crippen molar-refractivity contribution >= 4 is 11.8 Å². The van der Waals surface area contributed by atoms with Gasteiger partial charge in [0.05, 0.1) is 6.20 Å².